The first kappa shape index (κ1) is 15.8. The number of imide groups is 3. The van der Waals surface area contributed by atoms with Crippen LogP contribution in [-0.2, 0) is 9.59 Å². The smallest absolute Gasteiger partial charge is 0.328 e. The number of carbonyl (C=O) groups is 3. The Labute approximate surface area is 140 Å². The van der Waals surface area contributed by atoms with Crippen molar-refractivity contribution in [2.75, 3.05) is 13.7 Å². The van der Waals surface area contributed by atoms with Gasteiger partial charge in [0.2, 0.25) is 11.8 Å². The normalized spacial score (nSPS) is 38.5. The zero-order valence-electron chi connectivity index (χ0n) is 13.7. The molecule has 2 bridgehead atoms. The molecule has 130 valence electrons. The van der Waals surface area contributed by atoms with Crippen molar-refractivity contribution in [3.8, 4) is 0 Å². The summed E-state index contributed by atoms with van der Waals surface area (Å²) in [6.07, 6.45) is 5.76. The minimum Gasteiger partial charge on any atom is -0.396 e. The van der Waals surface area contributed by atoms with Crippen molar-refractivity contribution in [1.29, 1.82) is 0 Å². The van der Waals surface area contributed by atoms with Gasteiger partial charge in [0, 0.05) is 24.6 Å². The maximum Gasteiger partial charge on any atom is 0.328 e. The number of aliphatic hydroxyl groups is 1. The molecular formula is C17H23N3O4. The molecule has 4 amide bonds. The molecule has 0 spiro atoms. The van der Waals surface area contributed by atoms with Crippen molar-refractivity contribution in [2.45, 2.75) is 37.8 Å². The zero-order chi connectivity index (χ0) is 17.2. The number of urea groups is 1. The fourth-order valence-electron chi connectivity index (χ4n) is 5.18. The molecule has 2 aliphatic carbocycles. The Bertz CT molecular complexity index is 642. The molecule has 5 atom stereocenters. The van der Waals surface area contributed by atoms with Crippen LogP contribution in [0.5, 0.6) is 0 Å². The lowest BCUT2D eigenvalue weighted by Crippen LogP contribution is -2.62. The van der Waals surface area contributed by atoms with Crippen LogP contribution >= 0.6 is 0 Å². The van der Waals surface area contributed by atoms with E-state index in [0.717, 1.165) is 24.8 Å². The number of hydrogen-bond acceptors (Lipinski definition) is 5. The van der Waals surface area contributed by atoms with E-state index in [1.165, 1.54) is 0 Å². The van der Waals surface area contributed by atoms with Crippen molar-refractivity contribution in [1.82, 2.24) is 9.80 Å². The number of hydrogen-bond donors (Lipinski definition) is 2. The summed E-state index contributed by atoms with van der Waals surface area (Å²) in [7, 11) is 2.01. The van der Waals surface area contributed by atoms with Crippen molar-refractivity contribution >= 4 is 17.8 Å². The molecule has 5 rings (SSSR count). The number of piperidine rings is 1. The highest BCUT2D eigenvalue weighted by Crippen LogP contribution is 2.56. The van der Waals surface area contributed by atoms with E-state index in [4.69, 9.17) is 5.73 Å². The molecule has 1 saturated carbocycles. The van der Waals surface area contributed by atoms with Crippen LogP contribution in [0.2, 0.25) is 0 Å². The number of nitrogens with zero attached hydrogens (tertiary/aromatic N) is 2. The zero-order valence-corrected chi connectivity index (χ0v) is 13.7. The van der Waals surface area contributed by atoms with Crippen molar-refractivity contribution in [3.05, 3.63) is 11.6 Å². The molecule has 0 aromatic rings. The molecule has 7 nitrogen and oxygen atoms in total. The number of nitrogens with two attached hydrogens (primary N) is 1. The number of likely N-dealkylation sites (tertiary alicyclic amines) is 1. The highest BCUT2D eigenvalue weighted by molar-refractivity contribution is 6.17. The third kappa shape index (κ3) is 2.01. The Kier molecular flexibility index (Phi) is 3.54. The Morgan fingerprint density at radius 3 is 2.50 bits per heavy atom. The van der Waals surface area contributed by atoms with Gasteiger partial charge < -0.3 is 10.8 Å². The lowest BCUT2D eigenvalue weighted by atomic mass is 9.61. The summed E-state index contributed by atoms with van der Waals surface area (Å²) < 4.78 is 0. The van der Waals surface area contributed by atoms with Crippen LogP contribution in [-0.4, -0.2) is 58.5 Å². The van der Waals surface area contributed by atoms with Gasteiger partial charge in [0.05, 0.1) is 11.8 Å². The van der Waals surface area contributed by atoms with Gasteiger partial charge >= 0.3 is 6.03 Å². The predicted molar refractivity (Wildman–Crippen MR) is 84.4 cm³/mol. The second kappa shape index (κ2) is 5.39. The minimum atomic E-state index is -0.971. The van der Waals surface area contributed by atoms with Gasteiger partial charge in [-0.3, -0.25) is 14.5 Å². The van der Waals surface area contributed by atoms with Crippen molar-refractivity contribution in [2.24, 2.45) is 29.4 Å². The quantitative estimate of drug-likeness (QED) is 0.560. The standard InChI is InChI=1S/C17H23N3O4/c1-19-10-7-9(3-2-6-21)11(14(19)8-4-5-8)13-12(10)15(22)20(16(13)23)17(18)24/h7-8,10-14,21H,2-6H2,1H3,(H2,18,24). The molecule has 24 heavy (non-hydrogen) atoms. The molecule has 5 aliphatic rings. The molecule has 3 N–H and O–H groups in total. The molecule has 2 saturated heterocycles. The van der Waals surface area contributed by atoms with E-state index in [-0.39, 0.29) is 24.6 Å². The fourth-order valence-corrected chi connectivity index (χ4v) is 5.18. The van der Waals surface area contributed by atoms with Crippen LogP contribution in [0.1, 0.15) is 25.7 Å². The number of primary amides is 1. The summed E-state index contributed by atoms with van der Waals surface area (Å²) in [5.41, 5.74) is 6.45. The summed E-state index contributed by atoms with van der Waals surface area (Å²) in [5, 5.41) is 9.17. The average Bonchev–Trinajstić information content (AvgIpc) is 3.32. The highest BCUT2D eigenvalue weighted by Gasteiger charge is 2.65. The first-order valence-electron chi connectivity index (χ1n) is 8.68. The largest absolute Gasteiger partial charge is 0.396 e. The first-order chi connectivity index (χ1) is 11.5. The van der Waals surface area contributed by atoms with E-state index in [9.17, 15) is 19.5 Å². The molecule has 0 aromatic carbocycles. The predicted octanol–water partition coefficient (Wildman–Crippen LogP) is 0.0876. The van der Waals surface area contributed by atoms with Crippen LogP contribution in [0.4, 0.5) is 4.79 Å². The van der Waals surface area contributed by atoms with Gasteiger partial charge in [0.15, 0.2) is 0 Å². The Morgan fingerprint density at radius 1 is 1.25 bits per heavy atom. The van der Waals surface area contributed by atoms with Gasteiger partial charge in [-0.2, -0.15) is 4.90 Å². The Hall–Kier alpha value is -1.73. The number of amides is 4. The molecule has 0 aromatic heterocycles. The Balaban J connectivity index is 1.76. The lowest BCUT2D eigenvalue weighted by molar-refractivity contribution is -0.136. The van der Waals surface area contributed by atoms with E-state index in [1.54, 1.807) is 0 Å². The maximum absolute atomic E-state index is 12.8. The van der Waals surface area contributed by atoms with Gasteiger partial charge in [-0.25, -0.2) is 4.79 Å². The van der Waals surface area contributed by atoms with Gasteiger partial charge in [0.1, 0.15) is 0 Å². The second-order valence-corrected chi connectivity index (χ2v) is 7.48. The van der Waals surface area contributed by atoms with Crippen LogP contribution in [0.3, 0.4) is 0 Å². The number of aliphatic hydroxyl groups excluding tert-OH is 1. The third-order valence-electron chi connectivity index (χ3n) is 6.22. The van der Waals surface area contributed by atoms with Crippen molar-refractivity contribution in [3.63, 3.8) is 0 Å². The number of carbonyl (C=O) groups excluding carboxylic acids is 3. The number of fused-ring (bicyclic) bond motifs is 1. The van der Waals surface area contributed by atoms with Crippen LogP contribution in [0, 0.1) is 23.7 Å². The van der Waals surface area contributed by atoms with Crippen LogP contribution < -0.4 is 5.73 Å². The average molecular weight is 333 g/mol. The summed E-state index contributed by atoms with van der Waals surface area (Å²) >= 11 is 0. The third-order valence-corrected chi connectivity index (χ3v) is 6.22. The molecular weight excluding hydrogens is 310 g/mol. The van der Waals surface area contributed by atoms with E-state index >= 15 is 0 Å². The summed E-state index contributed by atoms with van der Waals surface area (Å²) in [6, 6.07) is -0.902. The molecule has 0 radical (unpaired) electrons. The lowest BCUT2D eigenvalue weighted by Gasteiger charge is -2.53. The monoisotopic (exact) mass is 333 g/mol. The van der Waals surface area contributed by atoms with Gasteiger partial charge in [-0.15, -0.1) is 0 Å². The summed E-state index contributed by atoms with van der Waals surface area (Å²) in [4.78, 5) is 39.9. The molecule has 3 fully saturated rings. The van der Waals surface area contributed by atoms with Crippen molar-refractivity contribution < 1.29 is 19.5 Å². The minimum absolute atomic E-state index is 0.0511. The second-order valence-electron chi connectivity index (χ2n) is 7.48. The number of likely N-dealkylation sites (N-methyl/N-ethyl adjacent to an activating group) is 1. The summed E-state index contributed by atoms with van der Waals surface area (Å²) in [5.74, 6) is -1.37. The number of rotatable bonds is 4. The molecule has 7 heteroatoms. The maximum atomic E-state index is 12.8. The van der Waals surface area contributed by atoms with Gasteiger partial charge in [-0.1, -0.05) is 11.6 Å². The molecule has 3 heterocycles. The van der Waals surface area contributed by atoms with Gasteiger partial charge in [0.25, 0.3) is 0 Å². The van der Waals surface area contributed by atoms with E-state index < -0.39 is 29.7 Å². The van der Waals surface area contributed by atoms with Gasteiger partial charge in [-0.05, 0) is 38.6 Å². The topological polar surface area (TPSA) is 104 Å². The SMILES string of the molecule is CN1C2C=C(CCCO)C(C3C(=O)N(C(N)=O)C(=O)C32)C1C1CC1. The molecule has 5 unspecified atom stereocenters. The van der Waals surface area contributed by atoms with Crippen LogP contribution in [0.25, 0.3) is 0 Å². The van der Waals surface area contributed by atoms with E-state index in [2.05, 4.69) is 11.0 Å². The highest BCUT2D eigenvalue weighted by atomic mass is 16.3. The fraction of sp³-hybridized carbons (Fsp3) is 0.706. The van der Waals surface area contributed by atoms with E-state index in [0.29, 0.717) is 17.2 Å². The first-order valence-corrected chi connectivity index (χ1v) is 8.68. The van der Waals surface area contributed by atoms with Crippen LogP contribution in [0.15, 0.2) is 11.6 Å². The summed E-state index contributed by atoms with van der Waals surface area (Å²) in [6.45, 7) is 0.104. The van der Waals surface area contributed by atoms with E-state index in [1.807, 2.05) is 7.05 Å². The molecule has 3 aliphatic heterocycles. The Morgan fingerprint density at radius 2 is 1.92 bits per heavy atom.